The number of nitrogens with zero attached hydrogens (tertiary/aromatic N) is 2. The Morgan fingerprint density at radius 3 is 2.35 bits per heavy atom. The number of esters is 1. The van der Waals surface area contributed by atoms with Crippen LogP contribution in [0.5, 0.6) is 0 Å². The second-order valence-corrected chi connectivity index (χ2v) is 9.04. The van der Waals surface area contributed by atoms with E-state index in [-0.39, 0.29) is 43.1 Å². The Kier molecular flexibility index (Phi) is 8.24. The Labute approximate surface area is 182 Å². The third-order valence-corrected chi connectivity index (χ3v) is 6.99. The number of morpholine rings is 2. The van der Waals surface area contributed by atoms with Crippen LogP contribution in [-0.4, -0.2) is 90.4 Å². The van der Waals surface area contributed by atoms with Crippen molar-refractivity contribution < 1.29 is 32.2 Å². The molecule has 2 saturated heterocycles. The topological polar surface area (TPSA) is 114 Å². The quantitative estimate of drug-likeness (QED) is 0.554. The van der Waals surface area contributed by atoms with Gasteiger partial charge in [-0.3, -0.25) is 9.59 Å². The Hall–Kier alpha value is -2.21. The zero-order chi connectivity index (χ0) is 22.3. The first-order valence-electron chi connectivity index (χ1n) is 10.4. The highest BCUT2D eigenvalue weighted by molar-refractivity contribution is 7.89. The summed E-state index contributed by atoms with van der Waals surface area (Å²) in [7, 11) is -3.75. The zero-order valence-corrected chi connectivity index (χ0v) is 18.5. The minimum Gasteiger partial charge on any atom is -0.466 e. The molecule has 2 fully saturated rings. The standard InChI is InChI=1S/C20H29N3O7S/c1-2-30-19(24)5-6-21-20(25)17-15-16(31(26,27)23-9-13-29-14-10-23)3-4-18(17)22-7-11-28-12-8-22/h3-4,15H,2,5-14H2,1H3,(H,21,25). The molecule has 0 saturated carbocycles. The number of amides is 1. The van der Waals surface area contributed by atoms with Crippen LogP contribution in [0.4, 0.5) is 5.69 Å². The van der Waals surface area contributed by atoms with Crippen molar-refractivity contribution in [1.82, 2.24) is 9.62 Å². The number of hydrogen-bond acceptors (Lipinski definition) is 8. The van der Waals surface area contributed by atoms with Gasteiger partial charge in [-0.1, -0.05) is 0 Å². The molecule has 2 aliphatic heterocycles. The summed E-state index contributed by atoms with van der Waals surface area (Å²) in [4.78, 5) is 26.6. The van der Waals surface area contributed by atoms with E-state index in [1.807, 2.05) is 4.90 Å². The normalized spacial score (nSPS) is 17.9. The van der Waals surface area contributed by atoms with Gasteiger partial charge in [0.15, 0.2) is 0 Å². The molecule has 3 rings (SSSR count). The van der Waals surface area contributed by atoms with E-state index >= 15 is 0 Å². The van der Waals surface area contributed by atoms with E-state index in [4.69, 9.17) is 14.2 Å². The fourth-order valence-corrected chi connectivity index (χ4v) is 4.91. The van der Waals surface area contributed by atoms with Gasteiger partial charge in [0, 0.05) is 38.4 Å². The van der Waals surface area contributed by atoms with Gasteiger partial charge >= 0.3 is 5.97 Å². The van der Waals surface area contributed by atoms with Crippen molar-refractivity contribution in [3.8, 4) is 0 Å². The highest BCUT2D eigenvalue weighted by Gasteiger charge is 2.29. The first-order valence-corrected chi connectivity index (χ1v) is 11.9. The van der Waals surface area contributed by atoms with Gasteiger partial charge in [-0.05, 0) is 25.1 Å². The van der Waals surface area contributed by atoms with Crippen LogP contribution < -0.4 is 10.2 Å². The fourth-order valence-electron chi connectivity index (χ4n) is 3.48. The molecule has 1 N–H and O–H groups in total. The Bertz CT molecular complexity index is 879. The summed E-state index contributed by atoms with van der Waals surface area (Å²) in [5, 5.41) is 2.70. The van der Waals surface area contributed by atoms with E-state index in [9.17, 15) is 18.0 Å². The van der Waals surface area contributed by atoms with Crippen molar-refractivity contribution in [3.05, 3.63) is 23.8 Å². The molecule has 2 aliphatic rings. The van der Waals surface area contributed by atoms with Gasteiger partial charge in [0.05, 0.1) is 49.9 Å². The maximum absolute atomic E-state index is 13.1. The zero-order valence-electron chi connectivity index (χ0n) is 17.7. The molecule has 0 atom stereocenters. The van der Waals surface area contributed by atoms with Gasteiger partial charge < -0.3 is 24.4 Å². The molecule has 0 radical (unpaired) electrons. The molecule has 0 spiro atoms. The Morgan fingerprint density at radius 1 is 1.06 bits per heavy atom. The number of sulfonamides is 1. The average Bonchev–Trinajstić information content (AvgIpc) is 2.80. The van der Waals surface area contributed by atoms with Crippen LogP contribution in [0.2, 0.25) is 0 Å². The third kappa shape index (κ3) is 5.94. The van der Waals surface area contributed by atoms with Crippen molar-refractivity contribution in [1.29, 1.82) is 0 Å². The van der Waals surface area contributed by atoms with Crippen molar-refractivity contribution in [3.63, 3.8) is 0 Å². The van der Waals surface area contributed by atoms with Crippen molar-refractivity contribution >= 4 is 27.6 Å². The largest absolute Gasteiger partial charge is 0.466 e. The molecule has 0 aliphatic carbocycles. The van der Waals surface area contributed by atoms with Crippen LogP contribution in [0.25, 0.3) is 0 Å². The van der Waals surface area contributed by atoms with Gasteiger partial charge in [0.1, 0.15) is 0 Å². The Morgan fingerprint density at radius 2 is 1.71 bits per heavy atom. The molecule has 2 heterocycles. The van der Waals surface area contributed by atoms with E-state index in [2.05, 4.69) is 5.32 Å². The molecule has 11 heteroatoms. The van der Waals surface area contributed by atoms with E-state index in [1.165, 1.54) is 16.4 Å². The maximum atomic E-state index is 13.1. The number of benzene rings is 1. The number of ether oxygens (including phenoxy) is 3. The van der Waals surface area contributed by atoms with E-state index in [1.54, 1.807) is 13.0 Å². The molecule has 1 aromatic rings. The van der Waals surface area contributed by atoms with Crippen LogP contribution >= 0.6 is 0 Å². The third-order valence-electron chi connectivity index (χ3n) is 5.09. The summed E-state index contributed by atoms with van der Waals surface area (Å²) in [6.07, 6.45) is 0.0399. The van der Waals surface area contributed by atoms with Gasteiger partial charge in [-0.15, -0.1) is 0 Å². The molecular formula is C20H29N3O7S. The summed E-state index contributed by atoms with van der Waals surface area (Å²) in [5.41, 5.74) is 0.887. The monoisotopic (exact) mass is 455 g/mol. The maximum Gasteiger partial charge on any atom is 0.307 e. The molecule has 0 unspecified atom stereocenters. The molecule has 31 heavy (non-hydrogen) atoms. The minimum absolute atomic E-state index is 0.0399. The number of carbonyl (C=O) groups is 2. The average molecular weight is 456 g/mol. The second kappa shape index (κ2) is 10.9. The first kappa shape index (κ1) is 23.5. The Balaban J connectivity index is 1.84. The summed E-state index contributed by atoms with van der Waals surface area (Å²) in [6, 6.07) is 4.61. The molecule has 0 bridgehead atoms. The minimum atomic E-state index is -3.75. The number of carbonyl (C=O) groups excluding carboxylic acids is 2. The van der Waals surface area contributed by atoms with Crippen LogP contribution in [0, 0.1) is 0 Å². The van der Waals surface area contributed by atoms with E-state index in [0.29, 0.717) is 45.2 Å². The highest BCUT2D eigenvalue weighted by Crippen LogP contribution is 2.27. The summed E-state index contributed by atoms with van der Waals surface area (Å²) in [6.45, 7) is 5.55. The summed E-state index contributed by atoms with van der Waals surface area (Å²) < 4.78 is 43.0. The van der Waals surface area contributed by atoms with Gasteiger partial charge in [0.2, 0.25) is 10.0 Å². The predicted octanol–water partition coefficient (Wildman–Crippen LogP) is 0.227. The molecule has 1 aromatic carbocycles. The molecular weight excluding hydrogens is 426 g/mol. The lowest BCUT2D eigenvalue weighted by Crippen LogP contribution is -2.41. The number of anilines is 1. The van der Waals surface area contributed by atoms with Gasteiger partial charge in [0.25, 0.3) is 5.91 Å². The smallest absolute Gasteiger partial charge is 0.307 e. The van der Waals surface area contributed by atoms with Crippen molar-refractivity contribution in [2.24, 2.45) is 0 Å². The van der Waals surface area contributed by atoms with Gasteiger partial charge in [-0.25, -0.2) is 8.42 Å². The van der Waals surface area contributed by atoms with E-state index < -0.39 is 21.9 Å². The molecule has 1 amide bonds. The lowest BCUT2D eigenvalue weighted by Gasteiger charge is -2.31. The number of nitrogens with one attached hydrogen (secondary N) is 1. The lowest BCUT2D eigenvalue weighted by molar-refractivity contribution is -0.142. The SMILES string of the molecule is CCOC(=O)CCNC(=O)c1cc(S(=O)(=O)N2CCOCC2)ccc1N1CCOCC1. The van der Waals surface area contributed by atoms with Crippen LogP contribution in [-0.2, 0) is 29.0 Å². The van der Waals surface area contributed by atoms with Crippen LogP contribution in [0.3, 0.4) is 0 Å². The summed E-state index contributed by atoms with van der Waals surface area (Å²) in [5.74, 6) is -0.843. The molecule has 172 valence electrons. The second-order valence-electron chi connectivity index (χ2n) is 7.11. The van der Waals surface area contributed by atoms with Crippen molar-refractivity contribution in [2.75, 3.05) is 70.7 Å². The molecule has 0 aromatic heterocycles. The molecule has 10 nitrogen and oxygen atoms in total. The first-order chi connectivity index (χ1) is 14.9. The van der Waals surface area contributed by atoms with Crippen LogP contribution in [0.15, 0.2) is 23.1 Å². The number of rotatable bonds is 8. The highest BCUT2D eigenvalue weighted by atomic mass is 32.2. The lowest BCUT2D eigenvalue weighted by atomic mass is 10.1. The van der Waals surface area contributed by atoms with E-state index in [0.717, 1.165) is 0 Å². The fraction of sp³-hybridized carbons (Fsp3) is 0.600. The van der Waals surface area contributed by atoms with Crippen molar-refractivity contribution in [2.45, 2.75) is 18.2 Å². The van der Waals surface area contributed by atoms with Gasteiger partial charge in [-0.2, -0.15) is 4.31 Å². The number of hydrogen-bond donors (Lipinski definition) is 1. The van der Waals surface area contributed by atoms with Crippen LogP contribution in [0.1, 0.15) is 23.7 Å². The summed E-state index contributed by atoms with van der Waals surface area (Å²) >= 11 is 0. The predicted molar refractivity (Wildman–Crippen MR) is 113 cm³/mol.